The van der Waals surface area contributed by atoms with Gasteiger partial charge in [-0.3, -0.25) is 13.9 Å². The highest BCUT2D eigenvalue weighted by Crippen LogP contribution is 2.24. The zero-order chi connectivity index (χ0) is 21.1. The van der Waals surface area contributed by atoms with Crippen molar-refractivity contribution in [2.24, 2.45) is 0 Å². The number of sulfonamides is 1. The molecule has 2 fully saturated rings. The lowest BCUT2D eigenvalue weighted by Crippen LogP contribution is -2.37. The quantitative estimate of drug-likeness (QED) is 0.795. The Kier molecular flexibility index (Phi) is 5.76. The molecule has 0 aliphatic carbocycles. The summed E-state index contributed by atoms with van der Waals surface area (Å²) in [6.07, 6.45) is 2.97. The lowest BCUT2D eigenvalue weighted by atomic mass is 10.1. The molecule has 0 radical (unpaired) electrons. The Morgan fingerprint density at radius 2 is 1.77 bits per heavy atom. The van der Waals surface area contributed by atoms with Gasteiger partial charge in [-0.05, 0) is 61.2 Å². The Hall–Kier alpha value is -2.87. The molecule has 30 heavy (non-hydrogen) atoms. The van der Waals surface area contributed by atoms with E-state index in [2.05, 4.69) is 5.32 Å². The topological polar surface area (TPSA) is 86.8 Å². The van der Waals surface area contributed by atoms with Crippen LogP contribution >= 0.6 is 0 Å². The Morgan fingerprint density at radius 1 is 0.967 bits per heavy atom. The van der Waals surface area contributed by atoms with Crippen molar-refractivity contribution in [3.63, 3.8) is 0 Å². The second kappa shape index (κ2) is 8.47. The van der Waals surface area contributed by atoms with Crippen molar-refractivity contribution in [2.45, 2.75) is 32.2 Å². The number of carbonyl (C=O) groups is 2. The molecule has 2 aromatic rings. The van der Waals surface area contributed by atoms with Crippen LogP contribution in [-0.2, 0) is 21.4 Å². The largest absolute Gasteiger partial charge is 0.348 e. The summed E-state index contributed by atoms with van der Waals surface area (Å²) in [6, 6.07) is 14.3. The first kappa shape index (κ1) is 20.4. The predicted molar refractivity (Wildman–Crippen MR) is 116 cm³/mol. The van der Waals surface area contributed by atoms with Crippen LogP contribution in [-0.4, -0.2) is 39.1 Å². The second-order valence-electron chi connectivity index (χ2n) is 7.64. The fourth-order valence-corrected chi connectivity index (χ4v) is 5.54. The molecule has 2 aliphatic heterocycles. The van der Waals surface area contributed by atoms with E-state index in [9.17, 15) is 18.0 Å². The molecule has 2 heterocycles. The van der Waals surface area contributed by atoms with E-state index in [4.69, 9.17) is 0 Å². The summed E-state index contributed by atoms with van der Waals surface area (Å²) in [6.45, 7) is 1.55. The van der Waals surface area contributed by atoms with Gasteiger partial charge in [0.2, 0.25) is 15.9 Å². The first-order valence-corrected chi connectivity index (χ1v) is 11.8. The van der Waals surface area contributed by atoms with Crippen molar-refractivity contribution < 1.29 is 18.0 Å². The molecule has 2 aromatic carbocycles. The van der Waals surface area contributed by atoms with E-state index in [1.54, 1.807) is 29.2 Å². The molecule has 0 saturated carbocycles. The molecular weight excluding hydrogens is 402 g/mol. The summed E-state index contributed by atoms with van der Waals surface area (Å²) >= 11 is 0. The number of anilines is 2. The van der Waals surface area contributed by atoms with E-state index >= 15 is 0 Å². The SMILES string of the molecule is O=C(NCc1cccc(N2CCCC2=O)c1)c1ccc(N2CCCCS2(=O)=O)cc1. The van der Waals surface area contributed by atoms with Crippen LogP contribution in [0.4, 0.5) is 11.4 Å². The summed E-state index contributed by atoms with van der Waals surface area (Å²) < 4.78 is 25.9. The van der Waals surface area contributed by atoms with Gasteiger partial charge in [-0.15, -0.1) is 0 Å². The molecule has 4 rings (SSSR count). The number of hydrogen-bond donors (Lipinski definition) is 1. The third kappa shape index (κ3) is 4.33. The summed E-state index contributed by atoms with van der Waals surface area (Å²) in [4.78, 5) is 26.2. The van der Waals surface area contributed by atoms with E-state index < -0.39 is 10.0 Å². The maximum Gasteiger partial charge on any atom is 0.251 e. The number of amides is 2. The average molecular weight is 428 g/mol. The molecule has 0 spiro atoms. The minimum absolute atomic E-state index is 0.131. The molecule has 0 aromatic heterocycles. The van der Waals surface area contributed by atoms with Crippen LogP contribution in [0, 0.1) is 0 Å². The van der Waals surface area contributed by atoms with Gasteiger partial charge in [-0.2, -0.15) is 0 Å². The Balaban J connectivity index is 1.39. The third-order valence-corrected chi connectivity index (χ3v) is 7.39. The van der Waals surface area contributed by atoms with E-state index in [1.165, 1.54) is 4.31 Å². The van der Waals surface area contributed by atoms with Gasteiger partial charge in [0.05, 0.1) is 11.4 Å². The van der Waals surface area contributed by atoms with Crippen LogP contribution in [0.15, 0.2) is 48.5 Å². The molecule has 2 saturated heterocycles. The van der Waals surface area contributed by atoms with Crippen LogP contribution in [0.3, 0.4) is 0 Å². The van der Waals surface area contributed by atoms with Crippen molar-refractivity contribution in [2.75, 3.05) is 28.0 Å². The zero-order valence-corrected chi connectivity index (χ0v) is 17.5. The molecular formula is C22H25N3O4S. The minimum atomic E-state index is -3.27. The second-order valence-corrected chi connectivity index (χ2v) is 9.66. The van der Waals surface area contributed by atoms with Crippen molar-refractivity contribution in [1.29, 1.82) is 0 Å². The maximum absolute atomic E-state index is 12.5. The Labute approximate surface area is 176 Å². The van der Waals surface area contributed by atoms with E-state index in [-0.39, 0.29) is 17.6 Å². The number of nitrogens with zero attached hydrogens (tertiary/aromatic N) is 2. The molecule has 0 bridgehead atoms. The highest BCUT2D eigenvalue weighted by Gasteiger charge is 2.26. The Morgan fingerprint density at radius 3 is 2.47 bits per heavy atom. The molecule has 2 aliphatic rings. The Bertz CT molecular complexity index is 1050. The fourth-order valence-electron chi connectivity index (χ4n) is 3.90. The van der Waals surface area contributed by atoms with Crippen LogP contribution < -0.4 is 14.5 Å². The van der Waals surface area contributed by atoms with Crippen LogP contribution in [0.5, 0.6) is 0 Å². The summed E-state index contributed by atoms with van der Waals surface area (Å²) in [5.41, 5.74) is 2.83. The van der Waals surface area contributed by atoms with E-state index in [1.807, 2.05) is 24.3 Å². The lowest BCUT2D eigenvalue weighted by Gasteiger charge is -2.28. The van der Waals surface area contributed by atoms with Gasteiger partial charge in [0.15, 0.2) is 0 Å². The third-order valence-electron chi connectivity index (χ3n) is 5.52. The number of carbonyl (C=O) groups excluding carboxylic acids is 2. The van der Waals surface area contributed by atoms with Crippen LogP contribution in [0.25, 0.3) is 0 Å². The summed E-state index contributed by atoms with van der Waals surface area (Å²) in [5, 5.41) is 2.89. The summed E-state index contributed by atoms with van der Waals surface area (Å²) in [7, 11) is -3.27. The molecule has 1 N–H and O–H groups in total. The normalized spacial score (nSPS) is 18.5. The van der Waals surface area contributed by atoms with Gasteiger partial charge in [0.25, 0.3) is 5.91 Å². The average Bonchev–Trinajstić information content (AvgIpc) is 3.18. The first-order chi connectivity index (χ1) is 14.4. The molecule has 158 valence electrons. The van der Waals surface area contributed by atoms with Gasteiger partial charge >= 0.3 is 0 Å². The van der Waals surface area contributed by atoms with Gasteiger partial charge in [-0.25, -0.2) is 8.42 Å². The van der Waals surface area contributed by atoms with Gasteiger partial charge in [0, 0.05) is 37.3 Å². The highest BCUT2D eigenvalue weighted by atomic mass is 32.2. The highest BCUT2D eigenvalue weighted by molar-refractivity contribution is 7.92. The summed E-state index contributed by atoms with van der Waals surface area (Å²) in [5.74, 6) is 0.0647. The maximum atomic E-state index is 12.5. The minimum Gasteiger partial charge on any atom is -0.348 e. The molecule has 7 nitrogen and oxygen atoms in total. The van der Waals surface area contributed by atoms with Crippen molar-refractivity contribution in [3.05, 3.63) is 59.7 Å². The number of benzene rings is 2. The van der Waals surface area contributed by atoms with Gasteiger partial charge < -0.3 is 10.2 Å². The lowest BCUT2D eigenvalue weighted by molar-refractivity contribution is -0.117. The van der Waals surface area contributed by atoms with Crippen molar-refractivity contribution in [3.8, 4) is 0 Å². The van der Waals surface area contributed by atoms with Gasteiger partial charge in [-0.1, -0.05) is 12.1 Å². The molecule has 0 atom stereocenters. The standard InChI is InChI=1S/C22H25N3O4S/c26-21-7-4-12-24(21)20-6-3-5-17(15-20)16-23-22(27)18-8-10-19(11-9-18)25-13-1-2-14-30(25,28)29/h3,5-6,8-11,15H,1-2,4,7,12-14,16H2,(H,23,27). The van der Waals surface area contributed by atoms with Gasteiger partial charge in [0.1, 0.15) is 0 Å². The monoisotopic (exact) mass is 427 g/mol. The van der Waals surface area contributed by atoms with E-state index in [0.717, 1.165) is 30.6 Å². The number of nitrogens with one attached hydrogen (secondary N) is 1. The fraction of sp³-hybridized carbons (Fsp3) is 0.364. The van der Waals surface area contributed by atoms with E-state index in [0.29, 0.717) is 37.2 Å². The van der Waals surface area contributed by atoms with Crippen molar-refractivity contribution in [1.82, 2.24) is 5.32 Å². The number of rotatable bonds is 5. The number of hydrogen-bond acceptors (Lipinski definition) is 4. The smallest absolute Gasteiger partial charge is 0.251 e. The molecule has 0 unspecified atom stereocenters. The van der Waals surface area contributed by atoms with Crippen molar-refractivity contribution >= 4 is 33.2 Å². The first-order valence-electron chi connectivity index (χ1n) is 10.2. The van der Waals surface area contributed by atoms with Crippen LogP contribution in [0.1, 0.15) is 41.6 Å². The predicted octanol–water partition coefficient (Wildman–Crippen LogP) is 2.67. The molecule has 8 heteroatoms. The van der Waals surface area contributed by atoms with Crippen LogP contribution in [0.2, 0.25) is 0 Å². The molecule has 2 amide bonds. The zero-order valence-electron chi connectivity index (χ0n) is 16.7.